The number of halogens is 1. The van der Waals surface area contributed by atoms with Gasteiger partial charge in [0.1, 0.15) is 11.5 Å². The van der Waals surface area contributed by atoms with E-state index in [9.17, 15) is 14.7 Å². The second-order valence-electron chi connectivity index (χ2n) is 8.30. The highest BCUT2D eigenvalue weighted by Crippen LogP contribution is 2.39. The Hall–Kier alpha value is -4.07. The molecule has 0 saturated carbocycles. The number of aliphatic imine (C=N–C) groups is 1. The van der Waals surface area contributed by atoms with Crippen LogP contribution in [0.25, 0.3) is 17.4 Å². The zero-order chi connectivity index (χ0) is 25.9. The number of rotatable bonds is 6. The Bertz CT molecular complexity index is 1530. The van der Waals surface area contributed by atoms with Crippen molar-refractivity contribution in [1.82, 2.24) is 4.90 Å². The Morgan fingerprint density at radius 2 is 1.73 bits per heavy atom. The summed E-state index contributed by atoms with van der Waals surface area (Å²) in [6.07, 6.45) is 1.68. The first-order valence-electron chi connectivity index (χ1n) is 11.5. The Kier molecular flexibility index (Phi) is 6.99. The van der Waals surface area contributed by atoms with Crippen molar-refractivity contribution in [2.75, 3.05) is 0 Å². The van der Waals surface area contributed by atoms with Gasteiger partial charge in [-0.05, 0) is 66.7 Å². The molecule has 0 bridgehead atoms. The normalized spacial score (nSPS) is 16.5. The van der Waals surface area contributed by atoms with Gasteiger partial charge >= 0.3 is 5.97 Å². The van der Waals surface area contributed by atoms with E-state index in [2.05, 4.69) is 0 Å². The minimum atomic E-state index is -1.12. The highest BCUT2D eigenvalue weighted by atomic mass is 35.5. The lowest BCUT2D eigenvalue weighted by molar-refractivity contribution is -0.123. The van der Waals surface area contributed by atoms with Crippen molar-refractivity contribution < 1.29 is 19.1 Å². The molecule has 1 amide bonds. The van der Waals surface area contributed by atoms with Crippen LogP contribution in [0.5, 0.6) is 0 Å². The van der Waals surface area contributed by atoms with E-state index in [1.54, 1.807) is 29.2 Å². The second kappa shape index (κ2) is 10.5. The van der Waals surface area contributed by atoms with Crippen molar-refractivity contribution in [3.63, 3.8) is 0 Å². The number of thioether (sulfide) groups is 1. The molecule has 0 radical (unpaired) electrons. The van der Waals surface area contributed by atoms with Crippen molar-refractivity contribution >= 4 is 52.2 Å². The summed E-state index contributed by atoms with van der Waals surface area (Å²) in [5, 5.41) is 10.1. The van der Waals surface area contributed by atoms with Gasteiger partial charge < -0.3 is 9.52 Å². The molecule has 3 aromatic carbocycles. The lowest BCUT2D eigenvalue weighted by atomic mass is 10.1. The van der Waals surface area contributed by atoms with Crippen LogP contribution in [-0.4, -0.2) is 27.1 Å². The SMILES string of the molecule is C[C@@H](c1ccccc1)N1C(=O)/C(=C\c2ccc(-c3ccc(Cl)c(C(=O)O)c3)o2)SC1=Nc1ccccc1. The fourth-order valence-corrected chi connectivity index (χ4v) is 5.20. The molecule has 1 aliphatic rings. The van der Waals surface area contributed by atoms with E-state index in [1.807, 2.05) is 67.6 Å². The molecule has 0 spiro atoms. The highest BCUT2D eigenvalue weighted by Gasteiger charge is 2.37. The van der Waals surface area contributed by atoms with E-state index in [0.29, 0.717) is 27.2 Å². The maximum atomic E-state index is 13.6. The number of amides is 1. The van der Waals surface area contributed by atoms with Gasteiger partial charge in [-0.1, -0.05) is 60.1 Å². The number of carboxylic acid groups (broad SMARTS) is 1. The third-order valence-corrected chi connectivity index (χ3v) is 7.18. The van der Waals surface area contributed by atoms with E-state index in [0.717, 1.165) is 11.3 Å². The van der Waals surface area contributed by atoms with Crippen LogP contribution in [0.1, 0.15) is 34.6 Å². The standard InChI is InChI=1S/C29H21ClN2O4S/c1-18(19-8-4-2-5-9-19)32-27(33)26(37-29(32)31-21-10-6-3-7-11-21)17-22-13-15-25(36-22)20-12-14-24(30)23(16-20)28(34)35/h2-18H,1H3,(H,34,35)/b26-17+,31-29?/t18-/m0/s1. The summed E-state index contributed by atoms with van der Waals surface area (Å²) >= 11 is 7.28. The predicted octanol–water partition coefficient (Wildman–Crippen LogP) is 7.66. The van der Waals surface area contributed by atoms with Crippen molar-refractivity contribution in [2.24, 2.45) is 4.99 Å². The highest BCUT2D eigenvalue weighted by molar-refractivity contribution is 8.18. The van der Waals surface area contributed by atoms with Gasteiger partial charge in [-0.15, -0.1) is 0 Å². The molecule has 1 N–H and O–H groups in total. The Labute approximate surface area is 222 Å². The summed E-state index contributed by atoms with van der Waals surface area (Å²) in [5.41, 5.74) is 2.31. The number of carbonyl (C=O) groups excluding carboxylic acids is 1. The lowest BCUT2D eigenvalue weighted by Gasteiger charge is -2.24. The van der Waals surface area contributed by atoms with Crippen LogP contribution in [0.4, 0.5) is 5.69 Å². The number of aromatic carboxylic acids is 1. The van der Waals surface area contributed by atoms with Crippen molar-refractivity contribution in [1.29, 1.82) is 0 Å². The first-order chi connectivity index (χ1) is 17.9. The monoisotopic (exact) mass is 528 g/mol. The Morgan fingerprint density at radius 3 is 2.43 bits per heavy atom. The third kappa shape index (κ3) is 5.23. The fourth-order valence-electron chi connectivity index (χ4n) is 3.96. The van der Waals surface area contributed by atoms with Gasteiger partial charge in [-0.3, -0.25) is 9.69 Å². The first-order valence-corrected chi connectivity index (χ1v) is 12.6. The summed E-state index contributed by atoms with van der Waals surface area (Å²) in [6, 6.07) is 27.2. The summed E-state index contributed by atoms with van der Waals surface area (Å²) < 4.78 is 5.95. The molecule has 1 fully saturated rings. The molecule has 1 aromatic heterocycles. The minimum Gasteiger partial charge on any atom is -0.478 e. The molecule has 1 aliphatic heterocycles. The first kappa shape index (κ1) is 24.6. The summed E-state index contributed by atoms with van der Waals surface area (Å²) in [7, 11) is 0. The van der Waals surface area contributed by atoms with Crippen LogP contribution in [0, 0.1) is 0 Å². The molecular formula is C29H21ClN2O4S. The topological polar surface area (TPSA) is 83.1 Å². The van der Waals surface area contributed by atoms with Gasteiger partial charge in [-0.2, -0.15) is 0 Å². The molecule has 6 nitrogen and oxygen atoms in total. The summed E-state index contributed by atoms with van der Waals surface area (Å²) in [6.45, 7) is 1.98. The number of carbonyl (C=O) groups is 2. The number of para-hydroxylation sites is 1. The van der Waals surface area contributed by atoms with Gasteiger partial charge in [0.2, 0.25) is 0 Å². The fraction of sp³-hybridized carbons (Fsp3) is 0.0690. The molecule has 8 heteroatoms. The van der Waals surface area contributed by atoms with Crippen molar-refractivity contribution in [2.45, 2.75) is 13.0 Å². The molecular weight excluding hydrogens is 508 g/mol. The molecule has 5 rings (SSSR count). The van der Waals surface area contributed by atoms with Crippen LogP contribution in [-0.2, 0) is 4.79 Å². The molecule has 4 aromatic rings. The average molecular weight is 529 g/mol. The third-order valence-electron chi connectivity index (χ3n) is 5.87. The smallest absolute Gasteiger partial charge is 0.337 e. The average Bonchev–Trinajstić information content (AvgIpc) is 3.49. The number of hydrogen-bond acceptors (Lipinski definition) is 5. The number of hydrogen-bond donors (Lipinski definition) is 1. The largest absolute Gasteiger partial charge is 0.478 e. The predicted molar refractivity (Wildman–Crippen MR) is 147 cm³/mol. The van der Waals surface area contributed by atoms with Gasteiger partial charge in [0.15, 0.2) is 5.17 Å². The Morgan fingerprint density at radius 1 is 1.03 bits per heavy atom. The van der Waals surface area contributed by atoms with Gasteiger partial charge in [0.25, 0.3) is 5.91 Å². The van der Waals surface area contributed by atoms with Crippen molar-refractivity contribution in [3.05, 3.63) is 118 Å². The quantitative estimate of drug-likeness (QED) is 0.260. The molecule has 1 saturated heterocycles. The number of nitrogens with zero attached hydrogens (tertiary/aromatic N) is 2. The van der Waals surface area contributed by atoms with E-state index < -0.39 is 5.97 Å². The zero-order valence-electron chi connectivity index (χ0n) is 19.7. The van der Waals surface area contributed by atoms with Crippen molar-refractivity contribution in [3.8, 4) is 11.3 Å². The van der Waals surface area contributed by atoms with E-state index >= 15 is 0 Å². The van der Waals surface area contributed by atoms with Gasteiger partial charge in [-0.25, -0.2) is 9.79 Å². The molecule has 0 unspecified atom stereocenters. The van der Waals surface area contributed by atoms with E-state index in [1.165, 1.54) is 23.9 Å². The molecule has 0 aliphatic carbocycles. The molecule has 37 heavy (non-hydrogen) atoms. The van der Waals surface area contributed by atoms with Crippen LogP contribution in [0.3, 0.4) is 0 Å². The van der Waals surface area contributed by atoms with Gasteiger partial charge in [0, 0.05) is 11.6 Å². The van der Waals surface area contributed by atoms with Crippen LogP contribution in [0.2, 0.25) is 5.02 Å². The Balaban J connectivity index is 1.49. The molecule has 1 atom stereocenters. The maximum Gasteiger partial charge on any atom is 0.337 e. The van der Waals surface area contributed by atoms with Crippen LogP contribution in [0.15, 0.2) is 105 Å². The van der Waals surface area contributed by atoms with Gasteiger partial charge in [0.05, 0.1) is 27.2 Å². The number of benzene rings is 3. The summed E-state index contributed by atoms with van der Waals surface area (Å²) in [5.74, 6) is -0.361. The maximum absolute atomic E-state index is 13.6. The number of furan rings is 1. The summed E-state index contributed by atoms with van der Waals surface area (Å²) in [4.78, 5) is 32.0. The van der Waals surface area contributed by atoms with E-state index in [4.69, 9.17) is 21.0 Å². The lowest BCUT2D eigenvalue weighted by Crippen LogP contribution is -2.32. The van der Waals surface area contributed by atoms with Crippen LogP contribution >= 0.6 is 23.4 Å². The minimum absolute atomic E-state index is 0.00990. The van der Waals surface area contributed by atoms with Crippen LogP contribution < -0.4 is 0 Å². The second-order valence-corrected chi connectivity index (χ2v) is 9.72. The number of amidine groups is 1. The molecule has 184 valence electrons. The zero-order valence-corrected chi connectivity index (χ0v) is 21.2. The number of carboxylic acids is 1. The molecule has 2 heterocycles. The van der Waals surface area contributed by atoms with E-state index in [-0.39, 0.29) is 22.5 Å².